The number of rotatable bonds is 3. The van der Waals surface area contributed by atoms with Crippen LogP contribution >= 0.6 is 34.5 Å². The Bertz CT molecular complexity index is 990. The molecule has 134 valence electrons. The molecular weight excluding hydrogens is 389 g/mol. The summed E-state index contributed by atoms with van der Waals surface area (Å²) < 4.78 is -0.916. The van der Waals surface area contributed by atoms with Crippen LogP contribution in [0.25, 0.3) is 22.4 Å². The van der Waals surface area contributed by atoms with Crippen LogP contribution in [-0.2, 0) is 17.6 Å². The van der Waals surface area contributed by atoms with Gasteiger partial charge in [0.2, 0.25) is 5.91 Å². The molecule has 0 aliphatic heterocycles. The van der Waals surface area contributed by atoms with Crippen molar-refractivity contribution in [3.05, 3.63) is 34.7 Å². The monoisotopic (exact) mass is 405 g/mol. The molecule has 0 spiro atoms. The van der Waals surface area contributed by atoms with Gasteiger partial charge < -0.3 is 10.3 Å². The number of carbonyl (C=O) groups excluding carboxylic acids is 1. The molecule has 7 heteroatoms. The summed E-state index contributed by atoms with van der Waals surface area (Å²) >= 11 is 13.8. The number of nitrogens with zero attached hydrogens (tertiary/aromatic N) is 1. The third kappa shape index (κ3) is 2.73. The molecule has 1 atom stereocenters. The van der Waals surface area contributed by atoms with E-state index in [0.29, 0.717) is 6.42 Å². The third-order valence-corrected chi connectivity index (χ3v) is 7.22. The van der Waals surface area contributed by atoms with Gasteiger partial charge in [0.15, 0.2) is 0 Å². The maximum Gasteiger partial charge on any atom is 0.231 e. The van der Waals surface area contributed by atoms with Crippen LogP contribution in [0.4, 0.5) is 5.00 Å². The Kier molecular flexibility index (Phi) is 3.82. The van der Waals surface area contributed by atoms with E-state index < -0.39 is 4.33 Å². The molecule has 5 rings (SSSR count). The number of aryl methyl sites for hydroxylation is 1. The van der Waals surface area contributed by atoms with Crippen molar-refractivity contribution in [3.8, 4) is 11.4 Å². The number of carbonyl (C=O) groups is 1. The average molecular weight is 406 g/mol. The van der Waals surface area contributed by atoms with E-state index in [4.69, 9.17) is 28.2 Å². The van der Waals surface area contributed by atoms with Crippen LogP contribution < -0.4 is 5.32 Å². The van der Waals surface area contributed by atoms with Gasteiger partial charge in [-0.05, 0) is 49.8 Å². The first-order valence-corrected chi connectivity index (χ1v) is 10.4. The highest BCUT2D eigenvalue weighted by Crippen LogP contribution is 2.54. The van der Waals surface area contributed by atoms with Crippen LogP contribution in [0.15, 0.2) is 24.3 Å². The average Bonchev–Trinajstić information content (AvgIpc) is 2.96. The number of thiophene rings is 1. The molecule has 1 amide bonds. The van der Waals surface area contributed by atoms with E-state index in [9.17, 15) is 4.79 Å². The van der Waals surface area contributed by atoms with E-state index in [1.54, 1.807) is 11.3 Å². The molecule has 0 bridgehead atoms. The van der Waals surface area contributed by atoms with Gasteiger partial charge in [-0.3, -0.25) is 4.79 Å². The van der Waals surface area contributed by atoms with Gasteiger partial charge in [0.25, 0.3) is 0 Å². The number of amides is 1. The standard InChI is InChI=1S/C19H17Cl2N3OS/c20-19(21)9-11(19)17(25)24-18-15(10-5-1-4-8-14(10)26-18)16-22-12-6-2-3-7-13(12)23-16/h2-3,6-7,11H,1,4-5,8-9H2,(H,22,23)(H,24,25). The number of hydrogen-bond acceptors (Lipinski definition) is 3. The first-order valence-electron chi connectivity index (χ1n) is 8.81. The van der Waals surface area contributed by atoms with Crippen LogP contribution in [0.2, 0.25) is 0 Å². The molecule has 1 fully saturated rings. The molecule has 26 heavy (non-hydrogen) atoms. The first kappa shape index (κ1) is 16.6. The summed E-state index contributed by atoms with van der Waals surface area (Å²) in [6.45, 7) is 0. The summed E-state index contributed by atoms with van der Waals surface area (Å²) in [5.74, 6) is 0.374. The minimum atomic E-state index is -0.916. The van der Waals surface area contributed by atoms with Gasteiger partial charge in [-0.2, -0.15) is 0 Å². The van der Waals surface area contributed by atoms with Crippen molar-refractivity contribution in [1.29, 1.82) is 0 Å². The van der Waals surface area contributed by atoms with Gasteiger partial charge in [-0.1, -0.05) is 12.1 Å². The van der Waals surface area contributed by atoms with Gasteiger partial charge in [0, 0.05) is 4.88 Å². The fourth-order valence-electron chi connectivity index (χ4n) is 3.67. The molecule has 1 unspecified atom stereocenters. The Labute approximate surface area is 164 Å². The van der Waals surface area contributed by atoms with Gasteiger partial charge in [0.05, 0.1) is 22.5 Å². The second kappa shape index (κ2) is 5.98. The number of aromatic nitrogens is 2. The Hall–Kier alpha value is -1.56. The molecule has 2 heterocycles. The zero-order chi connectivity index (χ0) is 17.9. The normalized spacial score (nSPS) is 20.8. The van der Waals surface area contributed by atoms with Crippen molar-refractivity contribution in [2.75, 3.05) is 5.32 Å². The minimum absolute atomic E-state index is 0.106. The van der Waals surface area contributed by atoms with Gasteiger partial charge in [0.1, 0.15) is 15.2 Å². The molecule has 1 saturated carbocycles. The second-order valence-corrected chi connectivity index (χ2v) is 9.67. The first-order chi connectivity index (χ1) is 12.5. The molecule has 1 aromatic carbocycles. The van der Waals surface area contributed by atoms with E-state index in [-0.39, 0.29) is 11.8 Å². The number of nitrogens with one attached hydrogen (secondary N) is 2. The molecule has 4 nitrogen and oxygen atoms in total. The summed E-state index contributed by atoms with van der Waals surface area (Å²) in [4.78, 5) is 22.1. The maximum atomic E-state index is 12.6. The largest absolute Gasteiger partial charge is 0.338 e. The van der Waals surface area contributed by atoms with Crippen LogP contribution in [0, 0.1) is 5.92 Å². The molecule has 2 aromatic heterocycles. The number of hydrogen-bond donors (Lipinski definition) is 2. The van der Waals surface area contributed by atoms with Gasteiger partial charge in [-0.15, -0.1) is 34.5 Å². The number of anilines is 1. The van der Waals surface area contributed by atoms with Crippen LogP contribution in [0.5, 0.6) is 0 Å². The highest BCUT2D eigenvalue weighted by atomic mass is 35.5. The van der Waals surface area contributed by atoms with E-state index in [1.807, 2.05) is 24.3 Å². The number of fused-ring (bicyclic) bond motifs is 2. The highest BCUT2D eigenvalue weighted by Gasteiger charge is 2.56. The Morgan fingerprint density at radius 3 is 2.81 bits per heavy atom. The van der Waals surface area contributed by atoms with Crippen LogP contribution in [0.1, 0.15) is 29.7 Å². The molecule has 2 aliphatic carbocycles. The number of aromatic amines is 1. The van der Waals surface area contributed by atoms with E-state index in [2.05, 4.69) is 10.3 Å². The number of para-hydroxylation sites is 2. The molecule has 2 N–H and O–H groups in total. The van der Waals surface area contributed by atoms with Crippen molar-refractivity contribution in [2.45, 2.75) is 36.4 Å². The number of H-pyrrole nitrogens is 1. The minimum Gasteiger partial charge on any atom is -0.338 e. The lowest BCUT2D eigenvalue weighted by molar-refractivity contribution is -0.117. The fraction of sp³-hybridized carbons (Fsp3) is 0.368. The fourth-order valence-corrected chi connectivity index (χ4v) is 5.47. The highest BCUT2D eigenvalue weighted by molar-refractivity contribution is 7.17. The molecule has 0 saturated heterocycles. The molecule has 0 radical (unpaired) electrons. The number of benzene rings is 1. The van der Waals surface area contributed by atoms with Crippen molar-refractivity contribution < 1.29 is 4.79 Å². The Morgan fingerprint density at radius 1 is 1.27 bits per heavy atom. The zero-order valence-electron chi connectivity index (χ0n) is 13.9. The smallest absolute Gasteiger partial charge is 0.231 e. The summed E-state index contributed by atoms with van der Waals surface area (Å²) in [6, 6.07) is 7.98. The predicted octanol–water partition coefficient (Wildman–Crippen LogP) is 5.30. The van der Waals surface area contributed by atoms with Crippen molar-refractivity contribution >= 4 is 56.5 Å². The van der Waals surface area contributed by atoms with Crippen molar-refractivity contribution in [1.82, 2.24) is 9.97 Å². The molecule has 2 aliphatic rings. The summed E-state index contributed by atoms with van der Waals surface area (Å²) in [6.07, 6.45) is 4.94. The van der Waals surface area contributed by atoms with E-state index >= 15 is 0 Å². The quantitative estimate of drug-likeness (QED) is 0.580. The number of imidazole rings is 1. The summed E-state index contributed by atoms with van der Waals surface area (Å²) in [7, 11) is 0. The number of alkyl halides is 2. The molecular formula is C19H17Cl2N3OS. The van der Waals surface area contributed by atoms with Crippen molar-refractivity contribution in [2.24, 2.45) is 5.92 Å². The second-order valence-electron chi connectivity index (χ2n) is 7.02. The van der Waals surface area contributed by atoms with Crippen molar-refractivity contribution in [3.63, 3.8) is 0 Å². The Balaban J connectivity index is 1.58. The lowest BCUT2D eigenvalue weighted by Crippen LogP contribution is -2.16. The molecule has 3 aromatic rings. The topological polar surface area (TPSA) is 57.8 Å². The Morgan fingerprint density at radius 2 is 2.04 bits per heavy atom. The van der Waals surface area contributed by atoms with E-state index in [1.165, 1.54) is 23.3 Å². The van der Waals surface area contributed by atoms with Crippen LogP contribution in [-0.4, -0.2) is 20.2 Å². The number of halogens is 2. The lowest BCUT2D eigenvalue weighted by Gasteiger charge is -2.12. The maximum absolute atomic E-state index is 12.6. The van der Waals surface area contributed by atoms with E-state index in [0.717, 1.165) is 40.3 Å². The van der Waals surface area contributed by atoms with Crippen LogP contribution in [0.3, 0.4) is 0 Å². The lowest BCUT2D eigenvalue weighted by atomic mass is 9.95. The summed E-state index contributed by atoms with van der Waals surface area (Å²) in [5, 5.41) is 3.94. The van der Waals surface area contributed by atoms with Gasteiger partial charge >= 0.3 is 0 Å². The SMILES string of the molecule is O=C(Nc1sc2c(c1-c1nc3ccccc3[nH]1)CCCC2)C1CC1(Cl)Cl. The summed E-state index contributed by atoms with van der Waals surface area (Å²) in [5.41, 5.74) is 4.27. The third-order valence-electron chi connectivity index (χ3n) is 5.18. The predicted molar refractivity (Wildman–Crippen MR) is 107 cm³/mol. The van der Waals surface area contributed by atoms with Gasteiger partial charge in [-0.25, -0.2) is 4.98 Å². The zero-order valence-corrected chi connectivity index (χ0v) is 16.3.